The minimum atomic E-state index is -4.02. The zero-order valence-corrected chi connectivity index (χ0v) is 17.6. The normalized spacial score (nSPS) is 11.1. The topological polar surface area (TPSA) is 100 Å². The lowest BCUT2D eigenvalue weighted by molar-refractivity contribution is 0.256. The number of fused-ring (bicyclic) bond motifs is 1. The number of hydrogen-bond acceptors (Lipinski definition) is 5. The number of carbonyl (C=O) groups excluding carboxylic acids is 1. The predicted octanol–water partition coefficient (Wildman–Crippen LogP) is 5.14. The number of sulfonamides is 1. The first-order valence-corrected chi connectivity index (χ1v) is 11.1. The summed E-state index contributed by atoms with van der Waals surface area (Å²) in [5.74, 6) is 0. The number of para-hydroxylation sites is 1. The maximum Gasteiger partial charge on any atom is 0.333 e. The Balaban J connectivity index is 1.48. The molecule has 0 spiro atoms. The summed E-state index contributed by atoms with van der Waals surface area (Å²) in [7, 11) is -4.02. The molecule has 0 fully saturated rings. The maximum absolute atomic E-state index is 12.5. The molecule has 2 amide bonds. The van der Waals surface area contributed by atoms with Gasteiger partial charge in [0.25, 0.3) is 10.0 Å². The van der Waals surface area contributed by atoms with Gasteiger partial charge in [-0.3, -0.25) is 4.98 Å². The van der Waals surface area contributed by atoms with Gasteiger partial charge in [0.1, 0.15) is 0 Å². The molecule has 4 rings (SSSR count). The monoisotopic (exact) mass is 452 g/mol. The molecule has 0 saturated heterocycles. The van der Waals surface area contributed by atoms with Crippen LogP contribution in [0.4, 0.5) is 21.9 Å². The lowest BCUT2D eigenvalue weighted by atomic mass is 10.2. The average molecular weight is 453 g/mol. The lowest BCUT2D eigenvalue weighted by Crippen LogP contribution is -2.34. The first-order valence-electron chi connectivity index (χ1n) is 9.21. The fourth-order valence-electron chi connectivity index (χ4n) is 2.96. The summed E-state index contributed by atoms with van der Waals surface area (Å²) in [6.45, 7) is 0. The van der Waals surface area contributed by atoms with E-state index in [2.05, 4.69) is 15.6 Å². The van der Waals surface area contributed by atoms with Gasteiger partial charge in [0.05, 0.1) is 10.4 Å². The standard InChI is InChI=1S/C22H17ClN4O3S/c23-15-6-11-19-20(12-13-24-21(19)14-15)25-17-7-9-18(10-8-17)31(29,30)27-22(28)26-16-4-2-1-3-5-16/h1-14H,(H,24,25)(H2,26,27,28). The van der Waals surface area contributed by atoms with Crippen molar-refractivity contribution in [2.75, 3.05) is 10.6 Å². The van der Waals surface area contributed by atoms with E-state index in [-0.39, 0.29) is 4.90 Å². The van der Waals surface area contributed by atoms with Gasteiger partial charge in [0.15, 0.2) is 0 Å². The first kappa shape index (κ1) is 20.6. The second-order valence-corrected chi connectivity index (χ2v) is 8.71. The molecule has 1 aromatic heterocycles. The lowest BCUT2D eigenvalue weighted by Gasteiger charge is -2.11. The second-order valence-electron chi connectivity index (χ2n) is 6.60. The summed E-state index contributed by atoms with van der Waals surface area (Å²) >= 11 is 6.02. The van der Waals surface area contributed by atoms with Crippen LogP contribution in [0.1, 0.15) is 0 Å². The molecule has 3 N–H and O–H groups in total. The Labute approximate surface area is 184 Å². The Morgan fingerprint density at radius 1 is 0.871 bits per heavy atom. The Kier molecular flexibility index (Phi) is 5.75. The summed E-state index contributed by atoms with van der Waals surface area (Å²) in [4.78, 5) is 16.3. The van der Waals surface area contributed by atoms with Crippen molar-refractivity contribution in [2.24, 2.45) is 0 Å². The molecule has 0 saturated carbocycles. The first-order chi connectivity index (χ1) is 14.9. The molecule has 0 aliphatic rings. The molecule has 31 heavy (non-hydrogen) atoms. The Morgan fingerprint density at radius 2 is 1.61 bits per heavy atom. The largest absolute Gasteiger partial charge is 0.355 e. The van der Waals surface area contributed by atoms with Crippen LogP contribution in [0.15, 0.2) is 90.0 Å². The van der Waals surface area contributed by atoms with Gasteiger partial charge in [-0.2, -0.15) is 0 Å². The predicted molar refractivity (Wildman–Crippen MR) is 122 cm³/mol. The summed E-state index contributed by atoms with van der Waals surface area (Å²) in [5.41, 5.74) is 2.71. The average Bonchev–Trinajstić information content (AvgIpc) is 2.74. The number of nitrogens with one attached hydrogen (secondary N) is 3. The van der Waals surface area contributed by atoms with Crippen LogP contribution in [0.3, 0.4) is 0 Å². The minimum Gasteiger partial charge on any atom is -0.355 e. The molecule has 0 radical (unpaired) electrons. The third kappa shape index (κ3) is 4.93. The van der Waals surface area contributed by atoms with E-state index in [9.17, 15) is 13.2 Å². The third-order valence-corrected chi connectivity index (χ3v) is 5.99. The Bertz CT molecular complexity index is 1340. The van der Waals surface area contributed by atoms with Crippen molar-refractivity contribution >= 4 is 55.6 Å². The van der Waals surface area contributed by atoms with Crippen molar-refractivity contribution in [2.45, 2.75) is 4.90 Å². The summed E-state index contributed by atoms with van der Waals surface area (Å²) < 4.78 is 27.0. The van der Waals surface area contributed by atoms with E-state index in [4.69, 9.17) is 11.6 Å². The van der Waals surface area contributed by atoms with Gasteiger partial charge in [0, 0.05) is 33.7 Å². The maximum atomic E-state index is 12.5. The third-order valence-electron chi connectivity index (χ3n) is 4.41. The molecule has 0 atom stereocenters. The number of anilines is 3. The SMILES string of the molecule is O=C(Nc1ccccc1)NS(=O)(=O)c1ccc(Nc2ccnc3cc(Cl)ccc23)cc1. The summed E-state index contributed by atoms with van der Waals surface area (Å²) in [5, 5.41) is 7.19. The molecule has 9 heteroatoms. The van der Waals surface area contributed by atoms with Crippen LogP contribution in [0.2, 0.25) is 5.02 Å². The zero-order valence-electron chi connectivity index (χ0n) is 16.0. The van der Waals surface area contributed by atoms with Crippen LogP contribution < -0.4 is 15.4 Å². The minimum absolute atomic E-state index is 0.0346. The van der Waals surface area contributed by atoms with Gasteiger partial charge in [-0.05, 0) is 60.7 Å². The molecule has 0 bridgehead atoms. The highest BCUT2D eigenvalue weighted by Crippen LogP contribution is 2.27. The Morgan fingerprint density at radius 3 is 2.35 bits per heavy atom. The smallest absolute Gasteiger partial charge is 0.333 e. The van der Waals surface area contributed by atoms with Crippen molar-refractivity contribution in [3.63, 3.8) is 0 Å². The van der Waals surface area contributed by atoms with Crippen LogP contribution in [0.5, 0.6) is 0 Å². The fourth-order valence-corrected chi connectivity index (χ4v) is 4.04. The van der Waals surface area contributed by atoms with E-state index in [1.165, 1.54) is 12.1 Å². The number of benzene rings is 3. The van der Waals surface area contributed by atoms with Gasteiger partial charge in [0.2, 0.25) is 0 Å². The number of aromatic nitrogens is 1. The van der Waals surface area contributed by atoms with Gasteiger partial charge >= 0.3 is 6.03 Å². The summed E-state index contributed by atoms with van der Waals surface area (Å²) in [6.07, 6.45) is 1.66. The fraction of sp³-hybridized carbons (Fsp3) is 0. The van der Waals surface area contributed by atoms with Crippen molar-refractivity contribution in [1.29, 1.82) is 0 Å². The molecule has 7 nitrogen and oxygen atoms in total. The molecule has 156 valence electrons. The molecule has 1 heterocycles. The highest BCUT2D eigenvalue weighted by atomic mass is 35.5. The van der Waals surface area contributed by atoms with E-state index in [0.717, 1.165) is 16.6 Å². The van der Waals surface area contributed by atoms with Crippen LogP contribution >= 0.6 is 11.6 Å². The van der Waals surface area contributed by atoms with Crippen LogP contribution in [-0.4, -0.2) is 19.4 Å². The molecular weight excluding hydrogens is 436 g/mol. The number of amides is 2. The molecule has 4 aromatic rings. The highest BCUT2D eigenvalue weighted by Gasteiger charge is 2.17. The van der Waals surface area contributed by atoms with Crippen molar-refractivity contribution < 1.29 is 13.2 Å². The highest BCUT2D eigenvalue weighted by molar-refractivity contribution is 7.90. The van der Waals surface area contributed by atoms with Gasteiger partial charge < -0.3 is 10.6 Å². The molecule has 3 aromatic carbocycles. The van der Waals surface area contributed by atoms with Crippen LogP contribution in [-0.2, 0) is 10.0 Å². The number of urea groups is 1. The van der Waals surface area contributed by atoms with Gasteiger partial charge in [-0.1, -0.05) is 29.8 Å². The number of rotatable bonds is 5. The molecular formula is C22H17ClN4O3S. The van der Waals surface area contributed by atoms with Crippen molar-refractivity contribution in [1.82, 2.24) is 9.71 Å². The molecule has 0 unspecified atom stereocenters. The zero-order chi connectivity index (χ0) is 21.8. The van der Waals surface area contributed by atoms with Crippen LogP contribution in [0, 0.1) is 0 Å². The molecule has 0 aliphatic heterocycles. The summed E-state index contributed by atoms with van der Waals surface area (Å²) in [6, 6.07) is 21.0. The quantitative estimate of drug-likeness (QED) is 0.389. The van der Waals surface area contributed by atoms with E-state index in [1.807, 2.05) is 16.9 Å². The molecule has 0 aliphatic carbocycles. The van der Waals surface area contributed by atoms with Gasteiger partial charge in [-0.15, -0.1) is 0 Å². The Hall–Kier alpha value is -3.62. The van der Waals surface area contributed by atoms with Crippen molar-refractivity contribution in [3.05, 3.63) is 90.1 Å². The van der Waals surface area contributed by atoms with E-state index < -0.39 is 16.1 Å². The van der Waals surface area contributed by atoms with Crippen molar-refractivity contribution in [3.8, 4) is 0 Å². The van der Waals surface area contributed by atoms with Crippen LogP contribution in [0.25, 0.3) is 10.9 Å². The number of nitrogens with zero attached hydrogens (tertiary/aromatic N) is 1. The number of halogens is 1. The van der Waals surface area contributed by atoms with E-state index in [1.54, 1.807) is 60.8 Å². The van der Waals surface area contributed by atoms with E-state index >= 15 is 0 Å². The van der Waals surface area contributed by atoms with Gasteiger partial charge in [-0.25, -0.2) is 17.9 Å². The number of carbonyl (C=O) groups is 1. The van der Waals surface area contributed by atoms with E-state index in [0.29, 0.717) is 16.4 Å². The number of hydrogen-bond donors (Lipinski definition) is 3. The second kappa shape index (κ2) is 8.63. The number of pyridine rings is 1.